The molecule has 0 saturated heterocycles. The number of carbonyl (C=O) groups excluding carboxylic acids is 1. The molecule has 4 rings (SSSR count). The molecule has 2 N–H and O–H groups in total. The van der Waals surface area contributed by atoms with Gasteiger partial charge in [0.15, 0.2) is 5.82 Å². The maximum absolute atomic E-state index is 13.2. The van der Waals surface area contributed by atoms with Crippen LogP contribution in [0.2, 0.25) is 0 Å². The Bertz CT molecular complexity index is 1140. The molecule has 7 heteroatoms. The third-order valence-corrected chi connectivity index (χ3v) is 5.78. The Hall–Kier alpha value is -3.58. The average molecular weight is 430 g/mol. The molecule has 31 heavy (non-hydrogen) atoms. The molecule has 0 unspecified atom stereocenters. The molecule has 156 valence electrons. The first-order valence-corrected chi connectivity index (χ1v) is 10.9. The molecule has 1 aromatic heterocycles. The maximum atomic E-state index is 13.2. The number of thioether (sulfide) groups is 1. The molecule has 0 atom stereocenters. The molecule has 4 aromatic rings. The summed E-state index contributed by atoms with van der Waals surface area (Å²) in [5.74, 6) is 6.96. The predicted octanol–water partition coefficient (Wildman–Crippen LogP) is 4.29. The first-order valence-electron chi connectivity index (χ1n) is 9.91. The topological polar surface area (TPSA) is 77.0 Å². The smallest absolute Gasteiger partial charge is 0.237 e. The van der Waals surface area contributed by atoms with E-state index >= 15 is 0 Å². The molecule has 0 aliphatic carbocycles. The Balaban J connectivity index is 1.50. The average Bonchev–Trinajstić information content (AvgIpc) is 3.18. The summed E-state index contributed by atoms with van der Waals surface area (Å²) in [6.07, 6.45) is 0. The van der Waals surface area contributed by atoms with Crippen molar-refractivity contribution in [2.24, 2.45) is 0 Å². The van der Waals surface area contributed by atoms with Crippen molar-refractivity contribution >= 4 is 23.4 Å². The van der Waals surface area contributed by atoms with Crippen LogP contribution in [0.5, 0.6) is 0 Å². The van der Waals surface area contributed by atoms with Crippen LogP contribution in [-0.4, -0.2) is 26.5 Å². The van der Waals surface area contributed by atoms with Crippen LogP contribution in [0, 0.1) is 6.92 Å². The van der Waals surface area contributed by atoms with Crippen LogP contribution in [-0.2, 0) is 11.3 Å². The summed E-state index contributed by atoms with van der Waals surface area (Å²) in [6, 6.07) is 27.5. The Labute approximate surface area is 185 Å². The fraction of sp³-hybridized carbons (Fsp3) is 0.125. The monoisotopic (exact) mass is 429 g/mol. The maximum Gasteiger partial charge on any atom is 0.237 e. The summed E-state index contributed by atoms with van der Waals surface area (Å²) in [6.45, 7) is 2.52. The fourth-order valence-electron chi connectivity index (χ4n) is 3.18. The van der Waals surface area contributed by atoms with E-state index in [1.54, 1.807) is 4.90 Å². The Morgan fingerprint density at radius 1 is 0.935 bits per heavy atom. The van der Waals surface area contributed by atoms with Gasteiger partial charge in [-0.05, 0) is 24.6 Å². The zero-order chi connectivity index (χ0) is 21.6. The molecule has 0 spiro atoms. The number of nitrogen functional groups attached to an aromatic ring is 1. The van der Waals surface area contributed by atoms with Crippen molar-refractivity contribution < 1.29 is 4.79 Å². The summed E-state index contributed by atoms with van der Waals surface area (Å²) < 4.78 is 1.44. The van der Waals surface area contributed by atoms with Gasteiger partial charge in [-0.1, -0.05) is 90.1 Å². The number of benzene rings is 3. The van der Waals surface area contributed by atoms with E-state index in [2.05, 4.69) is 10.2 Å². The third-order valence-electron chi connectivity index (χ3n) is 4.85. The molecular weight excluding hydrogens is 406 g/mol. The SMILES string of the molecule is Cc1ccc(-c2nnc(SCC(=O)N(Cc3ccccc3)c3ccccc3)n2N)cc1. The van der Waals surface area contributed by atoms with Gasteiger partial charge in [-0.15, -0.1) is 10.2 Å². The molecule has 1 heterocycles. The quantitative estimate of drug-likeness (QED) is 0.350. The number of hydrogen-bond acceptors (Lipinski definition) is 5. The van der Waals surface area contributed by atoms with Crippen molar-refractivity contribution in [1.29, 1.82) is 0 Å². The van der Waals surface area contributed by atoms with Crippen molar-refractivity contribution in [1.82, 2.24) is 14.9 Å². The summed E-state index contributed by atoms with van der Waals surface area (Å²) in [5, 5.41) is 8.89. The highest BCUT2D eigenvalue weighted by molar-refractivity contribution is 7.99. The van der Waals surface area contributed by atoms with E-state index in [9.17, 15) is 4.79 Å². The minimum absolute atomic E-state index is 0.0278. The number of nitrogens with two attached hydrogens (primary N) is 1. The Morgan fingerprint density at radius 3 is 2.26 bits per heavy atom. The van der Waals surface area contributed by atoms with Gasteiger partial charge in [0.25, 0.3) is 0 Å². The Kier molecular flexibility index (Phi) is 6.33. The number of amides is 1. The van der Waals surface area contributed by atoms with Gasteiger partial charge in [-0.2, -0.15) is 0 Å². The lowest BCUT2D eigenvalue weighted by Crippen LogP contribution is -2.32. The van der Waals surface area contributed by atoms with Crippen molar-refractivity contribution in [3.05, 3.63) is 96.1 Å². The number of anilines is 1. The summed E-state index contributed by atoms with van der Waals surface area (Å²) in [5.41, 5.74) is 3.96. The van der Waals surface area contributed by atoms with E-state index in [0.29, 0.717) is 17.5 Å². The number of carbonyl (C=O) groups is 1. The normalized spacial score (nSPS) is 10.7. The number of aromatic nitrogens is 3. The van der Waals surface area contributed by atoms with Gasteiger partial charge in [0, 0.05) is 11.3 Å². The number of rotatable bonds is 7. The second-order valence-corrected chi connectivity index (χ2v) is 8.07. The van der Waals surface area contributed by atoms with Gasteiger partial charge in [0.2, 0.25) is 11.1 Å². The highest BCUT2D eigenvalue weighted by atomic mass is 32.2. The van der Waals surface area contributed by atoms with Crippen molar-refractivity contribution in [3.63, 3.8) is 0 Å². The predicted molar refractivity (Wildman–Crippen MR) is 125 cm³/mol. The second-order valence-electron chi connectivity index (χ2n) is 7.13. The lowest BCUT2D eigenvalue weighted by atomic mass is 10.1. The van der Waals surface area contributed by atoms with Gasteiger partial charge < -0.3 is 10.7 Å². The molecule has 0 radical (unpaired) electrons. The first kappa shape index (κ1) is 20.7. The second kappa shape index (κ2) is 9.49. The highest BCUT2D eigenvalue weighted by Gasteiger charge is 2.19. The lowest BCUT2D eigenvalue weighted by Gasteiger charge is -2.23. The number of hydrogen-bond donors (Lipinski definition) is 1. The van der Waals surface area contributed by atoms with Gasteiger partial charge in [0.05, 0.1) is 12.3 Å². The summed E-state index contributed by atoms with van der Waals surface area (Å²) in [4.78, 5) is 14.9. The van der Waals surface area contributed by atoms with Crippen molar-refractivity contribution in [2.75, 3.05) is 16.5 Å². The molecule has 1 amide bonds. The van der Waals surface area contributed by atoms with Crippen LogP contribution < -0.4 is 10.7 Å². The largest absolute Gasteiger partial charge is 0.335 e. The first-order chi connectivity index (χ1) is 15.1. The van der Waals surface area contributed by atoms with E-state index in [1.807, 2.05) is 91.9 Å². The molecule has 0 aliphatic rings. The van der Waals surface area contributed by atoms with E-state index in [-0.39, 0.29) is 11.7 Å². The number of nitrogens with zero attached hydrogens (tertiary/aromatic N) is 4. The molecule has 0 aliphatic heterocycles. The third kappa shape index (κ3) is 4.95. The van der Waals surface area contributed by atoms with Crippen molar-refractivity contribution in [2.45, 2.75) is 18.6 Å². The standard InChI is InChI=1S/C24H23N5OS/c1-18-12-14-20(15-13-18)23-26-27-24(29(23)25)31-17-22(30)28(21-10-6-3-7-11-21)16-19-8-4-2-5-9-19/h2-15H,16-17,25H2,1H3. The minimum Gasteiger partial charge on any atom is -0.335 e. The molecule has 3 aromatic carbocycles. The van der Waals surface area contributed by atoms with Crippen LogP contribution >= 0.6 is 11.8 Å². The summed E-state index contributed by atoms with van der Waals surface area (Å²) in [7, 11) is 0. The van der Waals surface area contributed by atoms with Crippen LogP contribution in [0.25, 0.3) is 11.4 Å². The summed E-state index contributed by atoms with van der Waals surface area (Å²) >= 11 is 1.28. The van der Waals surface area contributed by atoms with Crippen LogP contribution in [0.15, 0.2) is 90.1 Å². The van der Waals surface area contributed by atoms with Crippen LogP contribution in [0.1, 0.15) is 11.1 Å². The molecule has 0 bridgehead atoms. The molecular formula is C24H23N5OS. The van der Waals surface area contributed by atoms with Gasteiger partial charge in [-0.3, -0.25) is 4.79 Å². The fourth-order valence-corrected chi connectivity index (χ4v) is 3.91. The molecule has 0 saturated carbocycles. The van der Waals surface area contributed by atoms with Crippen LogP contribution in [0.3, 0.4) is 0 Å². The Morgan fingerprint density at radius 2 is 1.58 bits per heavy atom. The van der Waals surface area contributed by atoms with Gasteiger partial charge in [-0.25, -0.2) is 4.68 Å². The highest BCUT2D eigenvalue weighted by Crippen LogP contribution is 2.24. The van der Waals surface area contributed by atoms with Gasteiger partial charge >= 0.3 is 0 Å². The van der Waals surface area contributed by atoms with Gasteiger partial charge in [0.1, 0.15) is 0 Å². The number of para-hydroxylation sites is 1. The minimum atomic E-state index is -0.0278. The van der Waals surface area contributed by atoms with E-state index < -0.39 is 0 Å². The van der Waals surface area contributed by atoms with E-state index in [1.165, 1.54) is 16.4 Å². The molecule has 0 fully saturated rings. The number of aryl methyl sites for hydroxylation is 1. The zero-order valence-corrected chi connectivity index (χ0v) is 18.0. The van der Waals surface area contributed by atoms with E-state index in [4.69, 9.17) is 5.84 Å². The van der Waals surface area contributed by atoms with E-state index in [0.717, 1.165) is 22.4 Å². The van der Waals surface area contributed by atoms with Crippen molar-refractivity contribution in [3.8, 4) is 11.4 Å². The molecule has 6 nitrogen and oxygen atoms in total. The zero-order valence-electron chi connectivity index (χ0n) is 17.2. The lowest BCUT2D eigenvalue weighted by molar-refractivity contribution is -0.116. The van der Waals surface area contributed by atoms with Crippen LogP contribution in [0.4, 0.5) is 5.69 Å².